The first-order chi connectivity index (χ1) is 3.42. The average Bonchev–Trinajstić information content (AvgIpc) is 1.21. The highest BCUT2D eigenvalue weighted by Gasteiger charge is 2.16. The monoisotopic (exact) mass is 158 g/mol. The molecule has 4 nitrogen and oxygen atoms in total. The zero-order valence-electron chi connectivity index (χ0n) is 3.74. The lowest BCUT2D eigenvalue weighted by atomic mass is 10.9. The number of carbonyl (C=O) groups excluding carboxylic acids is 1. The van der Waals surface area contributed by atoms with Gasteiger partial charge < -0.3 is 9.79 Å². The molecule has 0 radical (unpaired) electrons. The van der Waals surface area contributed by atoms with Gasteiger partial charge in [0.2, 0.25) is 5.24 Å². The minimum atomic E-state index is -4.20. The van der Waals surface area contributed by atoms with E-state index in [-0.39, 0.29) is 0 Å². The molecule has 0 aromatic carbocycles. The van der Waals surface area contributed by atoms with E-state index >= 15 is 0 Å². The molecule has 0 rings (SSSR count). The number of hydrogen-bond acceptors (Lipinski definition) is 2. The van der Waals surface area contributed by atoms with Crippen molar-refractivity contribution in [2.24, 2.45) is 0 Å². The molecule has 0 heterocycles. The lowest BCUT2D eigenvalue weighted by Crippen LogP contribution is -1.95. The van der Waals surface area contributed by atoms with Gasteiger partial charge in [0, 0.05) is 0 Å². The van der Waals surface area contributed by atoms with Crippen LogP contribution in [0.3, 0.4) is 0 Å². The Balaban J connectivity index is 3.74. The highest BCUT2D eigenvalue weighted by atomic mass is 35.5. The molecule has 0 saturated carbocycles. The van der Waals surface area contributed by atoms with Gasteiger partial charge in [-0.25, -0.2) is 0 Å². The van der Waals surface area contributed by atoms with E-state index < -0.39 is 19.0 Å². The van der Waals surface area contributed by atoms with Gasteiger partial charge in [0.05, 0.1) is 0 Å². The summed E-state index contributed by atoms with van der Waals surface area (Å²) in [5.74, 6) is 0. The quantitative estimate of drug-likeness (QED) is 0.436. The molecule has 6 heteroatoms. The first-order valence-corrected chi connectivity index (χ1v) is 3.82. The Morgan fingerprint density at radius 3 is 2.00 bits per heavy atom. The Kier molecular flexibility index (Phi) is 2.63. The van der Waals surface area contributed by atoms with E-state index in [1.54, 1.807) is 0 Å². The first kappa shape index (κ1) is 8.11. The van der Waals surface area contributed by atoms with Crippen LogP contribution in [0.5, 0.6) is 0 Å². The standard InChI is InChI=1S/C2H4ClO4P/c3-2(4)1-8(5,6)7/h1H2,(H2,5,6,7). The van der Waals surface area contributed by atoms with E-state index in [9.17, 15) is 9.36 Å². The summed E-state index contributed by atoms with van der Waals surface area (Å²) < 4.78 is 9.83. The van der Waals surface area contributed by atoms with E-state index in [0.717, 1.165) is 0 Å². The summed E-state index contributed by atoms with van der Waals surface area (Å²) in [4.78, 5) is 25.7. The van der Waals surface area contributed by atoms with Crippen LogP contribution in [0.15, 0.2) is 0 Å². The second-order valence-electron chi connectivity index (χ2n) is 1.18. The Labute approximate surface area is 50.6 Å². The van der Waals surface area contributed by atoms with Gasteiger partial charge in [-0.05, 0) is 11.6 Å². The van der Waals surface area contributed by atoms with Crippen molar-refractivity contribution in [3.8, 4) is 0 Å². The highest BCUT2D eigenvalue weighted by Crippen LogP contribution is 2.34. The number of halogens is 1. The van der Waals surface area contributed by atoms with Crippen LogP contribution >= 0.6 is 19.2 Å². The van der Waals surface area contributed by atoms with Crippen LogP contribution < -0.4 is 0 Å². The van der Waals surface area contributed by atoms with Gasteiger partial charge in [-0.2, -0.15) is 0 Å². The summed E-state index contributed by atoms with van der Waals surface area (Å²) in [6, 6.07) is 0. The first-order valence-electron chi connectivity index (χ1n) is 1.65. The zero-order chi connectivity index (χ0) is 6.78. The Hall–Kier alpha value is 0.110. The second-order valence-corrected chi connectivity index (χ2v) is 3.25. The second kappa shape index (κ2) is 2.60. The molecule has 0 unspecified atom stereocenters. The van der Waals surface area contributed by atoms with Crippen LogP contribution in [0, 0.1) is 0 Å². The lowest BCUT2D eigenvalue weighted by molar-refractivity contribution is -0.109. The third-order valence-electron chi connectivity index (χ3n) is 0.330. The molecular formula is C2H4ClO4P. The van der Waals surface area contributed by atoms with Crippen molar-refractivity contribution >= 4 is 24.4 Å². The summed E-state index contributed by atoms with van der Waals surface area (Å²) in [6.07, 6.45) is -0.880. The van der Waals surface area contributed by atoms with E-state index in [4.69, 9.17) is 9.79 Å². The molecule has 0 aliphatic carbocycles. The van der Waals surface area contributed by atoms with Crippen LogP contribution in [0.1, 0.15) is 0 Å². The van der Waals surface area contributed by atoms with Gasteiger partial charge in [-0.15, -0.1) is 0 Å². The maximum atomic E-state index is 9.83. The van der Waals surface area contributed by atoms with E-state index in [0.29, 0.717) is 0 Å². The van der Waals surface area contributed by atoms with Crippen LogP contribution in [-0.2, 0) is 9.36 Å². The highest BCUT2D eigenvalue weighted by molar-refractivity contribution is 7.53. The predicted molar refractivity (Wildman–Crippen MR) is 27.8 cm³/mol. The summed E-state index contributed by atoms with van der Waals surface area (Å²) in [6.45, 7) is 0. The molecule has 8 heavy (non-hydrogen) atoms. The molecule has 0 aromatic heterocycles. The Morgan fingerprint density at radius 2 is 2.00 bits per heavy atom. The van der Waals surface area contributed by atoms with Crippen molar-refractivity contribution in [3.63, 3.8) is 0 Å². The van der Waals surface area contributed by atoms with Gasteiger partial charge >= 0.3 is 7.60 Å². The van der Waals surface area contributed by atoms with Crippen molar-refractivity contribution in [1.29, 1.82) is 0 Å². The van der Waals surface area contributed by atoms with E-state index in [2.05, 4.69) is 11.6 Å². The zero-order valence-corrected chi connectivity index (χ0v) is 5.39. The molecular weight excluding hydrogens is 154 g/mol. The van der Waals surface area contributed by atoms with Gasteiger partial charge in [0.25, 0.3) is 0 Å². The van der Waals surface area contributed by atoms with Crippen LogP contribution in [-0.4, -0.2) is 21.2 Å². The summed E-state index contributed by atoms with van der Waals surface area (Å²) in [5, 5.41) is -1.02. The maximum absolute atomic E-state index is 9.83. The van der Waals surface area contributed by atoms with Crippen LogP contribution in [0.2, 0.25) is 0 Å². The summed E-state index contributed by atoms with van der Waals surface area (Å²) in [5.41, 5.74) is 0. The van der Waals surface area contributed by atoms with E-state index in [1.165, 1.54) is 0 Å². The number of carbonyl (C=O) groups is 1. The smallest absolute Gasteiger partial charge is 0.324 e. The van der Waals surface area contributed by atoms with Crippen molar-refractivity contribution in [1.82, 2.24) is 0 Å². The molecule has 0 aromatic rings. The van der Waals surface area contributed by atoms with Gasteiger partial charge in [0.15, 0.2) is 0 Å². The fourth-order valence-electron chi connectivity index (χ4n) is 0.162. The van der Waals surface area contributed by atoms with Gasteiger partial charge in [-0.1, -0.05) is 0 Å². The summed E-state index contributed by atoms with van der Waals surface area (Å²) in [7, 11) is -4.20. The van der Waals surface area contributed by atoms with Crippen molar-refractivity contribution < 1.29 is 19.1 Å². The molecule has 0 aliphatic heterocycles. The number of hydrogen-bond donors (Lipinski definition) is 2. The minimum Gasteiger partial charge on any atom is -0.324 e. The normalized spacial score (nSPS) is 11.4. The third kappa shape index (κ3) is 6.11. The largest absolute Gasteiger partial charge is 0.334 e. The molecule has 2 N–H and O–H groups in total. The average molecular weight is 158 g/mol. The lowest BCUT2D eigenvalue weighted by Gasteiger charge is -1.94. The SMILES string of the molecule is O=C(Cl)CP(=O)(O)O. The Bertz CT molecular complexity index is 137. The molecule has 0 bridgehead atoms. The van der Waals surface area contributed by atoms with Gasteiger partial charge in [-0.3, -0.25) is 9.36 Å². The minimum absolute atomic E-state index is 0.880. The molecule has 0 saturated heterocycles. The maximum Gasteiger partial charge on any atom is 0.334 e. The summed E-state index contributed by atoms with van der Waals surface area (Å²) >= 11 is 4.63. The Morgan fingerprint density at radius 1 is 1.62 bits per heavy atom. The molecule has 0 atom stereocenters. The van der Waals surface area contributed by atoms with Crippen molar-refractivity contribution in [2.45, 2.75) is 0 Å². The van der Waals surface area contributed by atoms with Gasteiger partial charge in [0.1, 0.15) is 6.16 Å². The molecule has 48 valence electrons. The van der Waals surface area contributed by atoms with Crippen molar-refractivity contribution in [2.75, 3.05) is 6.16 Å². The fourth-order valence-corrected chi connectivity index (χ4v) is 0.953. The van der Waals surface area contributed by atoms with Crippen LogP contribution in [0.4, 0.5) is 0 Å². The molecule has 0 amide bonds. The molecule has 0 aliphatic rings. The topological polar surface area (TPSA) is 74.6 Å². The molecule has 0 spiro atoms. The van der Waals surface area contributed by atoms with Crippen molar-refractivity contribution in [3.05, 3.63) is 0 Å². The van der Waals surface area contributed by atoms with Crippen LogP contribution in [0.25, 0.3) is 0 Å². The third-order valence-corrected chi connectivity index (χ3v) is 1.35. The molecule has 0 fully saturated rings. The fraction of sp³-hybridized carbons (Fsp3) is 0.500. The predicted octanol–water partition coefficient (Wildman–Crippen LogP) is -0.0705. The number of rotatable bonds is 2. The van der Waals surface area contributed by atoms with E-state index in [1.807, 2.05) is 0 Å².